The maximum absolute atomic E-state index is 14.7. The number of rotatable bonds is 31. The van der Waals surface area contributed by atoms with Gasteiger partial charge < -0.3 is 34.6 Å². The van der Waals surface area contributed by atoms with Crippen molar-refractivity contribution in [2.24, 2.45) is 23.7 Å². The summed E-state index contributed by atoms with van der Waals surface area (Å²) in [5, 5.41) is 6.09. The summed E-state index contributed by atoms with van der Waals surface area (Å²) in [5.41, 5.74) is 4.59. The SMILES string of the molecule is CCOC(=O)[C@]1(NC(=O)[C@H](C)[C@@H](OC)[C@@H]2CCCN2C(=O)C[C@@H](OC)[C@H]([C@@H](C)CC)N(C)C(=O)[C@@H](NC(=O)[C@H](C(C)C)N(C)CCCC(=O)NNC(=O)CCCCCN2C(=O)C=CC2=O)C(C)C)C[C@@H]1c1ccccc1. The lowest BCUT2D eigenvalue weighted by molar-refractivity contribution is -0.151. The van der Waals surface area contributed by atoms with Crippen molar-refractivity contribution in [1.29, 1.82) is 0 Å². The lowest BCUT2D eigenvalue weighted by Crippen LogP contribution is -2.60. The Hall–Kier alpha value is -5.73. The molecule has 76 heavy (non-hydrogen) atoms. The second-order valence-corrected chi connectivity index (χ2v) is 21.5. The number of carbonyl (C=O) groups excluding carboxylic acids is 9. The molecule has 424 valence electrons. The van der Waals surface area contributed by atoms with E-state index in [0.717, 1.165) is 10.5 Å². The highest BCUT2D eigenvalue weighted by Gasteiger charge is 2.63. The molecule has 0 unspecified atom stereocenters. The van der Waals surface area contributed by atoms with Crippen molar-refractivity contribution >= 4 is 53.2 Å². The average Bonchev–Trinajstić information content (AvgIpc) is 3.74. The van der Waals surface area contributed by atoms with E-state index in [4.69, 9.17) is 14.2 Å². The van der Waals surface area contributed by atoms with Crippen LogP contribution in [0.1, 0.15) is 138 Å². The molecule has 1 aliphatic carbocycles. The second kappa shape index (κ2) is 29.7. The summed E-state index contributed by atoms with van der Waals surface area (Å²) in [6, 6.07) is 6.97. The summed E-state index contributed by atoms with van der Waals surface area (Å²) in [6.07, 6.45) is 5.67. The van der Waals surface area contributed by atoms with Gasteiger partial charge in [0.25, 0.3) is 11.8 Å². The Morgan fingerprint density at radius 1 is 0.803 bits per heavy atom. The number of hydrogen-bond acceptors (Lipinski definition) is 13. The maximum atomic E-state index is 14.7. The van der Waals surface area contributed by atoms with Crippen LogP contribution in [0.5, 0.6) is 0 Å². The fourth-order valence-electron chi connectivity index (χ4n) is 10.9. The lowest BCUT2D eigenvalue weighted by Gasteiger charge is -2.41. The maximum Gasteiger partial charge on any atom is 0.332 e. The Morgan fingerprint density at radius 3 is 2.00 bits per heavy atom. The zero-order chi connectivity index (χ0) is 56.4. The lowest BCUT2D eigenvalue weighted by atomic mass is 9.89. The van der Waals surface area contributed by atoms with E-state index < -0.39 is 59.7 Å². The average molecular weight is 1070 g/mol. The minimum Gasteiger partial charge on any atom is -0.464 e. The van der Waals surface area contributed by atoms with E-state index in [1.54, 1.807) is 37.7 Å². The molecule has 0 spiro atoms. The van der Waals surface area contributed by atoms with Crippen LogP contribution in [-0.4, -0.2) is 169 Å². The van der Waals surface area contributed by atoms with E-state index >= 15 is 0 Å². The van der Waals surface area contributed by atoms with Crippen molar-refractivity contribution in [2.75, 3.05) is 54.6 Å². The number of nitrogens with one attached hydrogen (secondary N) is 4. The first-order chi connectivity index (χ1) is 36.1. The van der Waals surface area contributed by atoms with Crippen molar-refractivity contribution in [3.05, 3.63) is 48.0 Å². The van der Waals surface area contributed by atoms with Gasteiger partial charge in [-0.05, 0) is 82.4 Å². The van der Waals surface area contributed by atoms with E-state index in [2.05, 4.69) is 21.5 Å². The molecular weight excluding hydrogens is 977 g/mol. The van der Waals surface area contributed by atoms with Crippen LogP contribution in [0.25, 0.3) is 0 Å². The number of amides is 8. The fraction of sp³-hybridized carbons (Fsp3) is 0.696. The minimum absolute atomic E-state index is 0.0577. The van der Waals surface area contributed by atoms with E-state index in [1.165, 1.54) is 26.4 Å². The molecule has 10 atom stereocenters. The molecule has 20 nitrogen and oxygen atoms in total. The first kappa shape index (κ1) is 62.8. The molecule has 20 heteroatoms. The van der Waals surface area contributed by atoms with Crippen LogP contribution >= 0.6 is 0 Å². The number of benzene rings is 1. The summed E-state index contributed by atoms with van der Waals surface area (Å²) >= 11 is 0. The highest BCUT2D eigenvalue weighted by Crippen LogP contribution is 2.52. The van der Waals surface area contributed by atoms with Crippen LogP contribution in [0.4, 0.5) is 0 Å². The van der Waals surface area contributed by atoms with Gasteiger partial charge in [-0.25, -0.2) is 4.79 Å². The van der Waals surface area contributed by atoms with Crippen LogP contribution in [0.15, 0.2) is 42.5 Å². The number of likely N-dealkylation sites (N-methyl/N-ethyl adjacent to an activating group) is 2. The molecule has 3 aliphatic rings. The molecule has 4 rings (SSSR count). The molecule has 0 radical (unpaired) electrons. The van der Waals surface area contributed by atoms with E-state index in [1.807, 2.05) is 76.8 Å². The van der Waals surface area contributed by atoms with Crippen molar-refractivity contribution in [1.82, 2.24) is 41.1 Å². The highest BCUT2D eigenvalue weighted by atomic mass is 16.5. The van der Waals surface area contributed by atoms with Crippen LogP contribution in [0.3, 0.4) is 0 Å². The molecule has 1 aromatic carbocycles. The fourth-order valence-corrected chi connectivity index (χ4v) is 10.9. The van der Waals surface area contributed by atoms with Crippen LogP contribution in [-0.2, 0) is 57.4 Å². The second-order valence-electron chi connectivity index (χ2n) is 21.5. The number of likely N-dealkylation sites (tertiary alicyclic amines) is 1. The number of hydrogen-bond donors (Lipinski definition) is 4. The van der Waals surface area contributed by atoms with Crippen LogP contribution < -0.4 is 21.5 Å². The largest absolute Gasteiger partial charge is 0.464 e. The van der Waals surface area contributed by atoms with Gasteiger partial charge >= 0.3 is 5.97 Å². The predicted octanol–water partition coefficient (Wildman–Crippen LogP) is 4.02. The molecule has 1 saturated carbocycles. The summed E-state index contributed by atoms with van der Waals surface area (Å²) < 4.78 is 17.6. The molecule has 2 fully saturated rings. The summed E-state index contributed by atoms with van der Waals surface area (Å²) in [7, 11) is 6.52. The van der Waals surface area contributed by atoms with Crippen LogP contribution in [0, 0.1) is 23.7 Å². The first-order valence-corrected chi connectivity index (χ1v) is 27.4. The molecule has 2 aliphatic heterocycles. The third-order valence-electron chi connectivity index (χ3n) is 15.5. The molecule has 8 amide bonds. The number of hydrazine groups is 1. The third-order valence-corrected chi connectivity index (χ3v) is 15.5. The number of carbonyl (C=O) groups is 9. The van der Waals surface area contributed by atoms with Crippen molar-refractivity contribution < 1.29 is 57.4 Å². The molecule has 1 saturated heterocycles. The minimum atomic E-state index is -1.20. The number of ether oxygens (including phenoxy) is 3. The van der Waals surface area contributed by atoms with Gasteiger partial charge in [0.15, 0.2) is 0 Å². The van der Waals surface area contributed by atoms with Gasteiger partial charge in [-0.3, -0.25) is 59.0 Å². The van der Waals surface area contributed by atoms with Crippen LogP contribution in [0.2, 0.25) is 0 Å². The first-order valence-electron chi connectivity index (χ1n) is 27.4. The molecule has 2 heterocycles. The molecule has 0 bridgehead atoms. The normalized spacial score (nSPS) is 20.9. The van der Waals surface area contributed by atoms with E-state index in [0.29, 0.717) is 64.5 Å². The van der Waals surface area contributed by atoms with Gasteiger partial charge in [0.2, 0.25) is 35.4 Å². The number of methoxy groups -OCH3 is 2. The van der Waals surface area contributed by atoms with Crippen molar-refractivity contribution in [2.45, 2.75) is 174 Å². The standard InChI is InChI=1S/C56H88N8O12/c1-13-37(7)50(42(74-11)33-47(69)63-32-21-25-41(63)51(75-12)38(8)52(70)58-56(55(73)76-14-2)34-40(56)39-23-17-15-18-24-39)62(10)54(72)48(35(3)4)57-53(71)49(36(5)6)61(9)30-22-27-44(66)60-59-43(65)26-19-16-20-31-64-45(67)28-29-46(64)68/h15,17-18,23-24,28-29,35-38,40-42,48-51H,13-14,16,19-22,25-27,30-34H2,1-12H3,(H,57,71)(H,58,70)(H,59,65)(H,60,66)/t37-,38+,40+,41-,42+,48-,49-,50-,51+,56-/m0/s1. The van der Waals surface area contributed by atoms with Gasteiger partial charge in [-0.15, -0.1) is 0 Å². The van der Waals surface area contributed by atoms with Gasteiger partial charge in [0.1, 0.15) is 11.6 Å². The quantitative estimate of drug-likeness (QED) is 0.0356. The zero-order valence-corrected chi connectivity index (χ0v) is 47.2. The topological polar surface area (TPSA) is 242 Å². The number of imide groups is 1. The molecular formula is C56H88N8O12. The Labute approximate surface area is 450 Å². The monoisotopic (exact) mass is 1060 g/mol. The summed E-state index contributed by atoms with van der Waals surface area (Å²) in [6.45, 7) is 16.3. The Balaban J connectivity index is 1.34. The Bertz CT molecular complexity index is 2170. The van der Waals surface area contributed by atoms with Crippen molar-refractivity contribution in [3.8, 4) is 0 Å². The van der Waals surface area contributed by atoms with E-state index in [9.17, 15) is 43.2 Å². The molecule has 4 N–H and O–H groups in total. The molecule has 0 aromatic heterocycles. The van der Waals surface area contributed by atoms with Crippen molar-refractivity contribution in [3.63, 3.8) is 0 Å². The zero-order valence-electron chi connectivity index (χ0n) is 47.2. The predicted molar refractivity (Wildman–Crippen MR) is 285 cm³/mol. The van der Waals surface area contributed by atoms with Gasteiger partial charge in [-0.2, -0.15) is 0 Å². The smallest absolute Gasteiger partial charge is 0.332 e. The number of nitrogens with zero attached hydrogens (tertiary/aromatic N) is 4. The van der Waals surface area contributed by atoms with Gasteiger partial charge in [-0.1, -0.05) is 91.6 Å². The highest BCUT2D eigenvalue weighted by molar-refractivity contribution is 6.12. The summed E-state index contributed by atoms with van der Waals surface area (Å²) in [5.74, 6) is -4.75. The van der Waals surface area contributed by atoms with Gasteiger partial charge in [0.05, 0.1) is 49.3 Å². The van der Waals surface area contributed by atoms with E-state index in [-0.39, 0.29) is 97.4 Å². The Morgan fingerprint density at radius 2 is 1.43 bits per heavy atom. The third kappa shape index (κ3) is 16.4. The number of unbranched alkanes of at least 4 members (excludes halogenated alkanes) is 2. The Kier molecular flexibility index (Phi) is 24.5. The summed E-state index contributed by atoms with van der Waals surface area (Å²) in [4.78, 5) is 126. The van der Waals surface area contributed by atoms with Gasteiger partial charge in [0, 0.05) is 65.3 Å². The number of esters is 1. The molecule has 1 aromatic rings.